The van der Waals surface area contributed by atoms with Crippen molar-refractivity contribution in [3.05, 3.63) is 16.1 Å². The zero-order valence-electron chi connectivity index (χ0n) is 9.86. The summed E-state index contributed by atoms with van der Waals surface area (Å²) in [4.78, 5) is 9.55. The molecule has 0 fully saturated rings. The van der Waals surface area contributed by atoms with Crippen LogP contribution in [-0.4, -0.2) is 17.0 Å². The second-order valence-electron chi connectivity index (χ2n) is 3.50. The fourth-order valence-electron chi connectivity index (χ4n) is 1.04. The Kier molecular flexibility index (Phi) is 7.65. The first-order chi connectivity index (χ1) is 7.11. The number of aliphatic imine (C=N–C) groups is 1. The minimum atomic E-state index is 0. The van der Waals surface area contributed by atoms with Crippen molar-refractivity contribution in [2.24, 2.45) is 10.7 Å². The van der Waals surface area contributed by atoms with Crippen molar-refractivity contribution in [2.75, 3.05) is 0 Å². The molecular weight excluding hydrogens is 335 g/mol. The summed E-state index contributed by atoms with van der Waals surface area (Å²) in [7, 11) is 0. The standard InChI is InChI=1S/C10H18N4S.HI/c1-4-7(2)14-10(11)13-6-9-5-12-8(3)15-9;/h5,7H,4,6H2,1-3H3,(H3,11,13,14);1H. The molecule has 0 aromatic carbocycles. The van der Waals surface area contributed by atoms with Gasteiger partial charge in [0, 0.05) is 17.1 Å². The molecule has 1 atom stereocenters. The first-order valence-corrected chi connectivity index (χ1v) is 5.91. The lowest BCUT2D eigenvalue weighted by Gasteiger charge is -2.11. The second-order valence-corrected chi connectivity index (χ2v) is 4.82. The van der Waals surface area contributed by atoms with Crippen molar-refractivity contribution in [1.82, 2.24) is 10.3 Å². The molecule has 1 rings (SSSR count). The number of guanidine groups is 1. The summed E-state index contributed by atoms with van der Waals surface area (Å²) in [6, 6.07) is 0.372. The van der Waals surface area contributed by atoms with Crippen LogP contribution in [0.1, 0.15) is 30.2 Å². The highest BCUT2D eigenvalue weighted by molar-refractivity contribution is 14.0. The van der Waals surface area contributed by atoms with Crippen molar-refractivity contribution < 1.29 is 0 Å². The lowest BCUT2D eigenvalue weighted by molar-refractivity contribution is 0.636. The SMILES string of the molecule is CCC(C)NC(N)=NCc1cnc(C)s1.I. The molecule has 0 saturated carbocycles. The van der Waals surface area contributed by atoms with Gasteiger partial charge in [-0.25, -0.2) is 9.98 Å². The average Bonchev–Trinajstić information content (AvgIpc) is 2.61. The molecule has 0 aliphatic rings. The zero-order valence-corrected chi connectivity index (χ0v) is 13.0. The number of aromatic nitrogens is 1. The Morgan fingerprint density at radius 1 is 1.69 bits per heavy atom. The van der Waals surface area contributed by atoms with Gasteiger partial charge in [-0.15, -0.1) is 35.3 Å². The maximum atomic E-state index is 5.73. The third kappa shape index (κ3) is 5.64. The van der Waals surface area contributed by atoms with Gasteiger partial charge in [-0.05, 0) is 20.3 Å². The number of nitrogens with zero attached hydrogens (tertiary/aromatic N) is 2. The van der Waals surface area contributed by atoms with E-state index in [9.17, 15) is 0 Å². The van der Waals surface area contributed by atoms with E-state index in [1.165, 1.54) is 0 Å². The molecule has 1 unspecified atom stereocenters. The van der Waals surface area contributed by atoms with Gasteiger partial charge in [-0.1, -0.05) is 6.92 Å². The van der Waals surface area contributed by atoms with Crippen LogP contribution in [0.4, 0.5) is 0 Å². The molecule has 92 valence electrons. The van der Waals surface area contributed by atoms with E-state index < -0.39 is 0 Å². The number of halogens is 1. The summed E-state index contributed by atoms with van der Waals surface area (Å²) in [5, 5.41) is 4.18. The smallest absolute Gasteiger partial charge is 0.189 e. The highest BCUT2D eigenvalue weighted by atomic mass is 127. The van der Waals surface area contributed by atoms with Crippen LogP contribution in [-0.2, 0) is 6.54 Å². The van der Waals surface area contributed by atoms with Crippen LogP contribution in [0.2, 0.25) is 0 Å². The number of hydrogen-bond acceptors (Lipinski definition) is 3. The number of aryl methyl sites for hydroxylation is 1. The molecule has 4 nitrogen and oxygen atoms in total. The van der Waals surface area contributed by atoms with Gasteiger partial charge in [0.2, 0.25) is 0 Å². The first kappa shape index (κ1) is 15.6. The molecule has 1 aromatic rings. The van der Waals surface area contributed by atoms with Gasteiger partial charge in [-0.3, -0.25) is 0 Å². The molecule has 0 amide bonds. The molecule has 0 saturated heterocycles. The maximum Gasteiger partial charge on any atom is 0.189 e. The Balaban J connectivity index is 0.00000225. The maximum absolute atomic E-state index is 5.73. The van der Waals surface area contributed by atoms with Crippen LogP contribution < -0.4 is 11.1 Å². The number of thiazole rings is 1. The Morgan fingerprint density at radius 3 is 2.88 bits per heavy atom. The highest BCUT2D eigenvalue weighted by Gasteiger charge is 2.00. The number of nitrogens with one attached hydrogen (secondary N) is 1. The molecule has 16 heavy (non-hydrogen) atoms. The van der Waals surface area contributed by atoms with Crippen molar-refractivity contribution in [3.63, 3.8) is 0 Å². The summed E-state index contributed by atoms with van der Waals surface area (Å²) < 4.78 is 0. The van der Waals surface area contributed by atoms with Gasteiger partial charge in [0.15, 0.2) is 5.96 Å². The number of nitrogens with two attached hydrogens (primary N) is 1. The van der Waals surface area contributed by atoms with Crippen LogP contribution in [0.3, 0.4) is 0 Å². The predicted molar refractivity (Wildman–Crippen MR) is 80.5 cm³/mol. The van der Waals surface area contributed by atoms with Crippen LogP contribution >= 0.6 is 35.3 Å². The number of hydrogen-bond donors (Lipinski definition) is 2. The minimum absolute atomic E-state index is 0. The average molecular weight is 354 g/mol. The lowest BCUT2D eigenvalue weighted by atomic mass is 10.3. The van der Waals surface area contributed by atoms with Gasteiger partial charge in [0.25, 0.3) is 0 Å². The van der Waals surface area contributed by atoms with E-state index in [0.717, 1.165) is 16.3 Å². The molecule has 6 heteroatoms. The summed E-state index contributed by atoms with van der Waals surface area (Å²) >= 11 is 1.65. The minimum Gasteiger partial charge on any atom is -0.370 e. The second kappa shape index (κ2) is 7.83. The van der Waals surface area contributed by atoms with E-state index in [-0.39, 0.29) is 24.0 Å². The summed E-state index contributed by atoms with van der Waals surface area (Å²) in [6.07, 6.45) is 2.88. The molecule has 1 heterocycles. The van der Waals surface area contributed by atoms with E-state index in [0.29, 0.717) is 18.5 Å². The molecule has 0 aliphatic heterocycles. The van der Waals surface area contributed by atoms with Crippen molar-refractivity contribution in [3.8, 4) is 0 Å². The molecule has 0 aliphatic carbocycles. The van der Waals surface area contributed by atoms with Crippen LogP contribution in [0.15, 0.2) is 11.2 Å². The monoisotopic (exact) mass is 354 g/mol. The molecular formula is C10H19IN4S. The Labute approximate surface area is 118 Å². The van der Waals surface area contributed by atoms with E-state index in [1.54, 1.807) is 11.3 Å². The fourth-order valence-corrected chi connectivity index (χ4v) is 1.76. The lowest BCUT2D eigenvalue weighted by Crippen LogP contribution is -2.37. The topological polar surface area (TPSA) is 63.3 Å². The zero-order chi connectivity index (χ0) is 11.3. The van der Waals surface area contributed by atoms with Gasteiger partial charge in [-0.2, -0.15) is 0 Å². The molecule has 0 spiro atoms. The third-order valence-corrected chi connectivity index (χ3v) is 2.98. The van der Waals surface area contributed by atoms with Crippen molar-refractivity contribution in [2.45, 2.75) is 39.8 Å². The van der Waals surface area contributed by atoms with Crippen LogP contribution in [0.5, 0.6) is 0 Å². The van der Waals surface area contributed by atoms with Gasteiger partial charge < -0.3 is 11.1 Å². The Morgan fingerprint density at radius 2 is 2.38 bits per heavy atom. The van der Waals surface area contributed by atoms with Crippen LogP contribution in [0, 0.1) is 6.92 Å². The Bertz CT molecular complexity index is 337. The highest BCUT2D eigenvalue weighted by Crippen LogP contribution is 2.11. The van der Waals surface area contributed by atoms with E-state index >= 15 is 0 Å². The third-order valence-electron chi connectivity index (χ3n) is 2.08. The molecule has 3 N–H and O–H groups in total. The fraction of sp³-hybridized carbons (Fsp3) is 0.600. The quantitative estimate of drug-likeness (QED) is 0.495. The summed E-state index contributed by atoms with van der Waals surface area (Å²) in [6.45, 7) is 6.79. The normalized spacial score (nSPS) is 13.1. The largest absolute Gasteiger partial charge is 0.370 e. The van der Waals surface area contributed by atoms with Gasteiger partial charge >= 0.3 is 0 Å². The van der Waals surface area contributed by atoms with Crippen molar-refractivity contribution in [1.29, 1.82) is 0 Å². The van der Waals surface area contributed by atoms with E-state index in [1.807, 2.05) is 13.1 Å². The molecule has 1 aromatic heterocycles. The Hall–Kier alpha value is -0.370. The summed E-state index contributed by atoms with van der Waals surface area (Å²) in [5.74, 6) is 0.510. The van der Waals surface area contributed by atoms with Gasteiger partial charge in [0.1, 0.15) is 0 Å². The predicted octanol–water partition coefficient (Wildman–Crippen LogP) is 2.27. The molecule has 0 radical (unpaired) electrons. The van der Waals surface area contributed by atoms with E-state index in [4.69, 9.17) is 5.73 Å². The molecule has 0 bridgehead atoms. The number of rotatable bonds is 4. The van der Waals surface area contributed by atoms with Gasteiger partial charge in [0.05, 0.1) is 11.6 Å². The first-order valence-electron chi connectivity index (χ1n) is 5.09. The summed E-state index contributed by atoms with van der Waals surface area (Å²) in [5.41, 5.74) is 5.73. The van der Waals surface area contributed by atoms with E-state index in [2.05, 4.69) is 29.1 Å². The van der Waals surface area contributed by atoms with Crippen LogP contribution in [0.25, 0.3) is 0 Å². The van der Waals surface area contributed by atoms with Crippen molar-refractivity contribution >= 4 is 41.3 Å².